The molecule has 0 unspecified atom stereocenters. The van der Waals surface area contributed by atoms with Crippen molar-refractivity contribution < 1.29 is 24.5 Å². The van der Waals surface area contributed by atoms with E-state index in [2.05, 4.69) is 5.32 Å². The Hall–Kier alpha value is -2.16. The molecule has 0 aliphatic carbocycles. The molecule has 1 aromatic heterocycles. The first-order chi connectivity index (χ1) is 12.0. The number of nitrogens with one attached hydrogen (secondary N) is 1. The van der Waals surface area contributed by atoms with Crippen LogP contribution in [0.1, 0.15) is 23.0 Å². The quantitative estimate of drug-likeness (QED) is 0.721. The fourth-order valence-corrected chi connectivity index (χ4v) is 3.91. The van der Waals surface area contributed by atoms with Gasteiger partial charge in [0.1, 0.15) is 10.5 Å². The van der Waals surface area contributed by atoms with Crippen molar-refractivity contribution in [3.8, 4) is 0 Å². The maximum Gasteiger partial charge on any atom is 0.350 e. The number of esters is 1. The Kier molecular flexibility index (Phi) is 4.94. The zero-order valence-corrected chi connectivity index (χ0v) is 14.6. The Morgan fingerprint density at radius 2 is 2.16 bits per heavy atom. The van der Waals surface area contributed by atoms with Crippen molar-refractivity contribution in [2.24, 2.45) is 0 Å². The molecule has 1 fully saturated rings. The van der Waals surface area contributed by atoms with Crippen LogP contribution in [0.3, 0.4) is 0 Å². The molecule has 0 bridgehead atoms. The van der Waals surface area contributed by atoms with E-state index in [1.54, 1.807) is 6.92 Å². The molecule has 7 nitrogen and oxygen atoms in total. The third kappa shape index (κ3) is 3.46. The number of benzene rings is 1. The van der Waals surface area contributed by atoms with Crippen LogP contribution in [0.4, 0.5) is 10.5 Å². The van der Waals surface area contributed by atoms with Gasteiger partial charge >= 0.3 is 12.0 Å². The first-order valence-corrected chi connectivity index (χ1v) is 8.87. The maximum atomic E-state index is 12.6. The first-order valence-electron chi connectivity index (χ1n) is 8.05. The van der Waals surface area contributed by atoms with Gasteiger partial charge in [-0.25, -0.2) is 9.59 Å². The van der Waals surface area contributed by atoms with Crippen LogP contribution in [0.15, 0.2) is 24.3 Å². The van der Waals surface area contributed by atoms with Gasteiger partial charge in [0.25, 0.3) is 0 Å². The average Bonchev–Trinajstić information content (AvgIpc) is 3.17. The van der Waals surface area contributed by atoms with Crippen molar-refractivity contribution in [2.75, 3.05) is 31.6 Å². The number of hydrogen-bond acceptors (Lipinski definition) is 6. The third-order valence-electron chi connectivity index (χ3n) is 4.20. The van der Waals surface area contributed by atoms with E-state index >= 15 is 0 Å². The number of aliphatic hydroxyl groups excluding tert-OH is 1. The highest BCUT2D eigenvalue weighted by Gasteiger charge is 2.38. The number of hydrogen-bond donors (Lipinski definition) is 3. The minimum atomic E-state index is -1.27. The Bertz CT molecular complexity index is 805. The number of anilines is 1. The zero-order chi connectivity index (χ0) is 18.0. The van der Waals surface area contributed by atoms with E-state index < -0.39 is 24.2 Å². The number of aliphatic hydroxyl groups is 2. The number of β-amino-alcohol motifs (C(OH)–C–C–N with tert-alkyl or cyclic N) is 1. The van der Waals surface area contributed by atoms with Crippen LogP contribution in [-0.4, -0.2) is 59.0 Å². The number of carbonyl (C=O) groups is 2. The molecule has 1 saturated heterocycles. The topological polar surface area (TPSA) is 99.1 Å². The van der Waals surface area contributed by atoms with Gasteiger partial charge in [0, 0.05) is 16.6 Å². The van der Waals surface area contributed by atoms with E-state index in [0.29, 0.717) is 23.5 Å². The van der Waals surface area contributed by atoms with Gasteiger partial charge in [0.05, 0.1) is 25.4 Å². The summed E-state index contributed by atoms with van der Waals surface area (Å²) in [5, 5.41) is 22.9. The Balaban J connectivity index is 1.88. The molecular formula is C17H20N2O5S. The summed E-state index contributed by atoms with van der Waals surface area (Å²) in [5.74, 6) is -0.479. The van der Waals surface area contributed by atoms with E-state index in [-0.39, 0.29) is 13.2 Å². The highest BCUT2D eigenvalue weighted by molar-refractivity contribution is 7.21. The standard InChI is InChI=1S/C17H20N2O5S/c1-2-24-15(21)14-13(11-5-3-4-6-12(11)25-14)18-16(22)19-8-7-17(23,9-19)10-20/h3-6,20,23H,2,7-10H2,1H3,(H,18,22)/t17-/m0/s1. The number of thiophene rings is 1. The van der Waals surface area contributed by atoms with E-state index in [1.165, 1.54) is 16.2 Å². The van der Waals surface area contributed by atoms with Gasteiger partial charge in [-0.2, -0.15) is 0 Å². The molecule has 1 atom stereocenters. The number of amides is 2. The summed E-state index contributed by atoms with van der Waals surface area (Å²) >= 11 is 1.26. The normalized spacial score (nSPS) is 20.0. The van der Waals surface area contributed by atoms with Gasteiger partial charge in [0.15, 0.2) is 0 Å². The summed E-state index contributed by atoms with van der Waals surface area (Å²) in [4.78, 5) is 26.6. The van der Waals surface area contributed by atoms with Gasteiger partial charge in [-0.1, -0.05) is 18.2 Å². The number of ether oxygens (including phenoxy) is 1. The average molecular weight is 364 g/mol. The minimum absolute atomic E-state index is 0.0478. The molecule has 0 saturated carbocycles. The number of nitrogens with zero attached hydrogens (tertiary/aromatic N) is 1. The summed E-state index contributed by atoms with van der Waals surface area (Å²) < 4.78 is 5.96. The first kappa shape index (κ1) is 17.7. The highest BCUT2D eigenvalue weighted by atomic mass is 32.1. The fraction of sp³-hybridized carbons (Fsp3) is 0.412. The van der Waals surface area contributed by atoms with Crippen molar-refractivity contribution in [3.63, 3.8) is 0 Å². The monoisotopic (exact) mass is 364 g/mol. The van der Waals surface area contributed by atoms with Gasteiger partial charge in [-0.05, 0) is 19.4 Å². The predicted molar refractivity (Wildman–Crippen MR) is 95.0 cm³/mol. The van der Waals surface area contributed by atoms with Gasteiger partial charge in [0.2, 0.25) is 0 Å². The van der Waals surface area contributed by atoms with E-state index in [4.69, 9.17) is 4.74 Å². The second kappa shape index (κ2) is 6.99. The lowest BCUT2D eigenvalue weighted by Crippen LogP contribution is -2.40. The minimum Gasteiger partial charge on any atom is -0.462 e. The lowest BCUT2D eigenvalue weighted by Gasteiger charge is -2.21. The molecule has 3 rings (SSSR count). The summed E-state index contributed by atoms with van der Waals surface area (Å²) in [6.07, 6.45) is 0.312. The molecule has 8 heteroatoms. The van der Waals surface area contributed by atoms with Crippen LogP contribution in [0.25, 0.3) is 10.1 Å². The Labute approximate surface area is 148 Å². The lowest BCUT2D eigenvalue weighted by molar-refractivity contribution is -0.00246. The molecule has 0 radical (unpaired) electrons. The van der Waals surface area contributed by atoms with Gasteiger partial charge in [-0.3, -0.25) is 0 Å². The van der Waals surface area contributed by atoms with Crippen LogP contribution < -0.4 is 5.32 Å². The smallest absolute Gasteiger partial charge is 0.350 e. The molecular weight excluding hydrogens is 344 g/mol. The number of urea groups is 1. The van der Waals surface area contributed by atoms with E-state index in [0.717, 1.165) is 10.1 Å². The van der Waals surface area contributed by atoms with Crippen molar-refractivity contribution in [2.45, 2.75) is 18.9 Å². The highest BCUT2D eigenvalue weighted by Crippen LogP contribution is 2.36. The summed E-state index contributed by atoms with van der Waals surface area (Å²) in [6.45, 7) is 1.96. The van der Waals surface area contributed by atoms with Crippen LogP contribution >= 0.6 is 11.3 Å². The number of carbonyl (C=O) groups excluding carboxylic acids is 2. The number of rotatable bonds is 4. The number of fused-ring (bicyclic) bond motifs is 1. The van der Waals surface area contributed by atoms with Crippen molar-refractivity contribution in [1.29, 1.82) is 0 Å². The van der Waals surface area contributed by atoms with Gasteiger partial charge < -0.3 is 25.2 Å². The Morgan fingerprint density at radius 1 is 1.40 bits per heavy atom. The SMILES string of the molecule is CCOC(=O)c1sc2ccccc2c1NC(=O)N1CC[C@@](O)(CO)C1. The zero-order valence-electron chi connectivity index (χ0n) is 13.8. The maximum absolute atomic E-state index is 12.6. The molecule has 25 heavy (non-hydrogen) atoms. The molecule has 2 amide bonds. The van der Waals surface area contributed by atoms with Crippen molar-refractivity contribution in [3.05, 3.63) is 29.1 Å². The van der Waals surface area contributed by atoms with Crippen LogP contribution in [0.2, 0.25) is 0 Å². The summed E-state index contributed by atoms with van der Waals surface area (Å²) in [7, 11) is 0. The molecule has 1 aliphatic rings. The van der Waals surface area contributed by atoms with Gasteiger partial charge in [-0.15, -0.1) is 11.3 Å². The van der Waals surface area contributed by atoms with Crippen LogP contribution in [0, 0.1) is 0 Å². The van der Waals surface area contributed by atoms with Crippen LogP contribution in [-0.2, 0) is 4.74 Å². The lowest BCUT2D eigenvalue weighted by atomic mass is 10.1. The molecule has 134 valence electrons. The molecule has 2 aromatic rings. The van der Waals surface area contributed by atoms with Crippen molar-refractivity contribution in [1.82, 2.24) is 4.90 Å². The molecule has 3 N–H and O–H groups in total. The molecule has 2 heterocycles. The van der Waals surface area contributed by atoms with E-state index in [9.17, 15) is 19.8 Å². The largest absolute Gasteiger partial charge is 0.462 e. The molecule has 0 spiro atoms. The summed E-state index contributed by atoms with van der Waals surface area (Å²) in [6, 6.07) is 6.98. The molecule has 1 aromatic carbocycles. The molecule has 1 aliphatic heterocycles. The van der Waals surface area contributed by atoms with Crippen molar-refractivity contribution >= 4 is 39.1 Å². The fourth-order valence-electron chi connectivity index (χ4n) is 2.85. The predicted octanol–water partition coefficient (Wildman–Crippen LogP) is 2.04. The Morgan fingerprint density at radius 3 is 2.84 bits per heavy atom. The van der Waals surface area contributed by atoms with Crippen LogP contribution in [0.5, 0.6) is 0 Å². The second-order valence-corrected chi connectivity index (χ2v) is 7.06. The third-order valence-corrected chi connectivity index (χ3v) is 5.35. The number of likely N-dealkylation sites (tertiary alicyclic amines) is 1. The summed E-state index contributed by atoms with van der Waals surface area (Å²) in [5.41, 5.74) is -0.846. The van der Waals surface area contributed by atoms with E-state index in [1.807, 2.05) is 24.3 Å². The second-order valence-electron chi connectivity index (χ2n) is 6.01.